The van der Waals surface area contributed by atoms with Crippen LogP contribution in [0.5, 0.6) is 0 Å². The first-order chi connectivity index (χ1) is 13.1. The zero-order chi connectivity index (χ0) is 19.9. The standard InChI is InChI=1S/C21H35NO5/c1-3-26-20(24)14-8-6-5-7-13-18(21(25)27-4-2)22-16-15-19(23)17-11-9-10-12-17/h5,7,17-18,22H,3-4,6,8-16H2,1-2H3/b7-5-. The van der Waals surface area contributed by atoms with Crippen molar-refractivity contribution < 1.29 is 23.9 Å². The van der Waals surface area contributed by atoms with E-state index in [1.165, 1.54) is 0 Å². The molecule has 1 atom stereocenters. The minimum absolute atomic E-state index is 0.177. The molecule has 0 aromatic heterocycles. The van der Waals surface area contributed by atoms with E-state index < -0.39 is 6.04 Å². The lowest BCUT2D eigenvalue weighted by molar-refractivity contribution is -0.146. The summed E-state index contributed by atoms with van der Waals surface area (Å²) in [6, 6.07) is -0.442. The van der Waals surface area contributed by atoms with E-state index in [9.17, 15) is 14.4 Å². The fourth-order valence-corrected chi connectivity index (χ4v) is 3.27. The van der Waals surface area contributed by atoms with Gasteiger partial charge in [-0.2, -0.15) is 0 Å². The highest BCUT2D eigenvalue weighted by atomic mass is 16.5. The number of allylic oxidation sites excluding steroid dienone is 1. The van der Waals surface area contributed by atoms with Gasteiger partial charge in [-0.25, -0.2) is 0 Å². The van der Waals surface area contributed by atoms with Gasteiger partial charge in [0.2, 0.25) is 0 Å². The van der Waals surface area contributed by atoms with Gasteiger partial charge in [0, 0.05) is 25.3 Å². The zero-order valence-corrected chi connectivity index (χ0v) is 16.8. The Morgan fingerprint density at radius 1 is 1.04 bits per heavy atom. The Morgan fingerprint density at radius 3 is 2.41 bits per heavy atom. The number of hydrogen-bond acceptors (Lipinski definition) is 6. The molecular weight excluding hydrogens is 346 g/mol. The molecule has 1 rings (SSSR count). The highest BCUT2D eigenvalue weighted by Gasteiger charge is 2.23. The van der Waals surface area contributed by atoms with E-state index in [1.807, 2.05) is 12.2 Å². The van der Waals surface area contributed by atoms with Crippen molar-refractivity contribution >= 4 is 17.7 Å². The van der Waals surface area contributed by atoms with Crippen molar-refractivity contribution in [3.8, 4) is 0 Å². The number of ketones is 1. The Balaban J connectivity index is 2.31. The summed E-state index contributed by atoms with van der Waals surface area (Å²) in [6.45, 7) is 4.81. The van der Waals surface area contributed by atoms with Gasteiger partial charge in [-0.05, 0) is 46.0 Å². The largest absolute Gasteiger partial charge is 0.466 e. The third-order valence-corrected chi connectivity index (χ3v) is 4.74. The highest BCUT2D eigenvalue weighted by molar-refractivity contribution is 5.81. The number of ether oxygens (including phenoxy) is 2. The number of carbonyl (C=O) groups excluding carboxylic acids is 3. The van der Waals surface area contributed by atoms with E-state index in [0.29, 0.717) is 44.8 Å². The van der Waals surface area contributed by atoms with E-state index in [2.05, 4.69) is 5.32 Å². The van der Waals surface area contributed by atoms with Crippen molar-refractivity contribution in [1.82, 2.24) is 5.32 Å². The summed E-state index contributed by atoms with van der Waals surface area (Å²) in [5.74, 6) is 0.0511. The minimum atomic E-state index is -0.442. The molecule has 0 heterocycles. The van der Waals surface area contributed by atoms with Gasteiger partial charge in [0.15, 0.2) is 0 Å². The van der Waals surface area contributed by atoms with Gasteiger partial charge < -0.3 is 14.8 Å². The molecule has 1 saturated carbocycles. The molecular formula is C21H35NO5. The van der Waals surface area contributed by atoms with Gasteiger partial charge in [-0.3, -0.25) is 14.4 Å². The fourth-order valence-electron chi connectivity index (χ4n) is 3.27. The monoisotopic (exact) mass is 381 g/mol. The Morgan fingerprint density at radius 2 is 1.74 bits per heavy atom. The molecule has 0 bridgehead atoms. The number of Topliss-reactive ketones (excluding diaryl/α,β-unsaturated/α-hetero) is 1. The molecule has 1 fully saturated rings. The smallest absolute Gasteiger partial charge is 0.323 e. The number of unbranched alkanes of at least 4 members (excludes halogenated alkanes) is 1. The summed E-state index contributed by atoms with van der Waals surface area (Å²) in [4.78, 5) is 35.5. The van der Waals surface area contributed by atoms with Crippen molar-refractivity contribution in [2.75, 3.05) is 19.8 Å². The van der Waals surface area contributed by atoms with Gasteiger partial charge in [0.1, 0.15) is 11.8 Å². The molecule has 1 N–H and O–H groups in total. The topological polar surface area (TPSA) is 81.7 Å². The maximum atomic E-state index is 12.1. The van der Waals surface area contributed by atoms with Crippen molar-refractivity contribution in [3.05, 3.63) is 12.2 Å². The van der Waals surface area contributed by atoms with Gasteiger partial charge in [0.25, 0.3) is 0 Å². The molecule has 154 valence electrons. The predicted octanol–water partition coefficient (Wildman–Crippen LogP) is 3.34. The van der Waals surface area contributed by atoms with Gasteiger partial charge >= 0.3 is 11.9 Å². The third-order valence-electron chi connectivity index (χ3n) is 4.74. The average Bonchev–Trinajstić information content (AvgIpc) is 3.18. The number of rotatable bonds is 14. The molecule has 27 heavy (non-hydrogen) atoms. The number of carbonyl (C=O) groups is 3. The second-order valence-corrected chi connectivity index (χ2v) is 6.86. The summed E-state index contributed by atoms with van der Waals surface area (Å²) >= 11 is 0. The fraction of sp³-hybridized carbons (Fsp3) is 0.762. The van der Waals surface area contributed by atoms with Crippen LogP contribution in [0.2, 0.25) is 0 Å². The SMILES string of the molecule is CCOC(=O)CCC/C=C\CC(NCCC(=O)C1CCCC1)C(=O)OCC. The maximum Gasteiger partial charge on any atom is 0.323 e. The normalized spacial score (nSPS) is 15.8. The van der Waals surface area contributed by atoms with E-state index in [4.69, 9.17) is 9.47 Å². The summed E-state index contributed by atoms with van der Waals surface area (Å²) in [5.41, 5.74) is 0. The maximum absolute atomic E-state index is 12.1. The summed E-state index contributed by atoms with van der Waals surface area (Å²) in [5, 5.41) is 3.16. The van der Waals surface area contributed by atoms with Crippen LogP contribution >= 0.6 is 0 Å². The molecule has 1 aliphatic rings. The third kappa shape index (κ3) is 10.3. The molecule has 6 heteroatoms. The Hall–Kier alpha value is -1.69. The molecule has 0 radical (unpaired) electrons. The second-order valence-electron chi connectivity index (χ2n) is 6.86. The second kappa shape index (κ2) is 14.4. The van der Waals surface area contributed by atoms with Crippen LogP contribution in [0.3, 0.4) is 0 Å². The first-order valence-electron chi connectivity index (χ1n) is 10.3. The molecule has 0 aromatic carbocycles. The van der Waals surface area contributed by atoms with Gasteiger partial charge in [-0.1, -0.05) is 25.0 Å². The lowest BCUT2D eigenvalue weighted by Crippen LogP contribution is -2.39. The molecule has 0 saturated heterocycles. The lowest BCUT2D eigenvalue weighted by Gasteiger charge is -2.16. The van der Waals surface area contributed by atoms with Gasteiger partial charge in [-0.15, -0.1) is 0 Å². The lowest BCUT2D eigenvalue weighted by atomic mass is 10.00. The van der Waals surface area contributed by atoms with Crippen LogP contribution in [0.1, 0.15) is 71.6 Å². The van der Waals surface area contributed by atoms with Crippen molar-refractivity contribution in [2.24, 2.45) is 5.92 Å². The van der Waals surface area contributed by atoms with Crippen molar-refractivity contribution in [1.29, 1.82) is 0 Å². The zero-order valence-electron chi connectivity index (χ0n) is 16.8. The molecule has 1 aliphatic carbocycles. The number of hydrogen-bond donors (Lipinski definition) is 1. The van der Waals surface area contributed by atoms with E-state index in [1.54, 1.807) is 13.8 Å². The van der Waals surface area contributed by atoms with Crippen LogP contribution in [0.4, 0.5) is 0 Å². The molecule has 6 nitrogen and oxygen atoms in total. The molecule has 0 spiro atoms. The molecule has 0 aliphatic heterocycles. The number of esters is 2. The summed E-state index contributed by atoms with van der Waals surface area (Å²) < 4.78 is 10.0. The summed E-state index contributed by atoms with van der Waals surface area (Å²) in [7, 11) is 0. The quantitative estimate of drug-likeness (QED) is 0.282. The average molecular weight is 382 g/mol. The molecule has 0 amide bonds. The van der Waals surface area contributed by atoms with Crippen LogP contribution in [0.15, 0.2) is 12.2 Å². The van der Waals surface area contributed by atoms with Crippen LogP contribution in [0.25, 0.3) is 0 Å². The van der Waals surface area contributed by atoms with Crippen molar-refractivity contribution in [2.45, 2.75) is 77.7 Å². The molecule has 0 aromatic rings. The van der Waals surface area contributed by atoms with Crippen LogP contribution in [0, 0.1) is 5.92 Å². The van der Waals surface area contributed by atoms with E-state index in [0.717, 1.165) is 38.5 Å². The summed E-state index contributed by atoms with van der Waals surface area (Å²) in [6.07, 6.45) is 11.1. The molecule has 1 unspecified atom stereocenters. The highest BCUT2D eigenvalue weighted by Crippen LogP contribution is 2.26. The Labute approximate surface area is 163 Å². The first kappa shape index (κ1) is 23.3. The number of nitrogens with one attached hydrogen (secondary N) is 1. The van der Waals surface area contributed by atoms with E-state index >= 15 is 0 Å². The minimum Gasteiger partial charge on any atom is -0.466 e. The van der Waals surface area contributed by atoms with Crippen molar-refractivity contribution in [3.63, 3.8) is 0 Å². The van der Waals surface area contributed by atoms with Crippen LogP contribution in [-0.4, -0.2) is 43.5 Å². The Bertz CT molecular complexity index is 483. The van der Waals surface area contributed by atoms with Crippen LogP contribution in [-0.2, 0) is 23.9 Å². The van der Waals surface area contributed by atoms with Crippen LogP contribution < -0.4 is 5.32 Å². The van der Waals surface area contributed by atoms with Gasteiger partial charge in [0.05, 0.1) is 13.2 Å². The first-order valence-corrected chi connectivity index (χ1v) is 10.3. The predicted molar refractivity (Wildman–Crippen MR) is 104 cm³/mol. The van der Waals surface area contributed by atoms with E-state index in [-0.39, 0.29) is 17.9 Å². The Kier molecular flexibility index (Phi) is 12.4.